The maximum Gasteiger partial charge on any atom is 2.00 e. The van der Waals surface area contributed by atoms with Gasteiger partial charge in [0.2, 0.25) is 0 Å². The van der Waals surface area contributed by atoms with Crippen molar-refractivity contribution in [2.75, 3.05) is 0 Å². The van der Waals surface area contributed by atoms with Gasteiger partial charge in [-0.2, -0.15) is 36.4 Å². The standard InChI is InChI=1S/C51H31N3S.U/c1-4-14-34(15-5-1)36-26-28-38(29-27-36)49-52-50(40-21-12-20-39(32-40)35-16-6-2-7-17-35)54-51(53-49)41-30-31-42(46(33-41)37-18-8-3-9-19-37)44-23-13-24-45-43-22-10-11-25-47(43)55-48(44)45;/h1-14,16-26,28-33H;/q-2;+2. The fraction of sp³-hybridized carbons (Fsp3) is 0. The molecule has 0 fully saturated rings. The van der Waals surface area contributed by atoms with Gasteiger partial charge in [0.1, 0.15) is 5.82 Å². The second-order valence-electron chi connectivity index (χ2n) is 13.4. The molecular weight excluding hydrogens is 925 g/mol. The summed E-state index contributed by atoms with van der Waals surface area (Å²) >= 11 is 1.85. The van der Waals surface area contributed by atoms with E-state index in [1.807, 2.05) is 47.7 Å². The molecule has 0 spiro atoms. The Balaban J connectivity index is 0.00000410. The van der Waals surface area contributed by atoms with Gasteiger partial charge < -0.3 is 0 Å². The summed E-state index contributed by atoms with van der Waals surface area (Å²) in [6, 6.07) is 72.1. The van der Waals surface area contributed by atoms with Gasteiger partial charge in [0.25, 0.3) is 0 Å². The Kier molecular flexibility index (Phi) is 9.98. The van der Waals surface area contributed by atoms with Crippen molar-refractivity contribution in [3.8, 4) is 78.7 Å². The smallest absolute Gasteiger partial charge is 0.226 e. The number of hydrogen-bond donors (Lipinski definition) is 0. The molecule has 0 bridgehead atoms. The molecule has 5 heteroatoms. The van der Waals surface area contributed by atoms with Crippen LogP contribution in [0.3, 0.4) is 0 Å². The molecule has 0 saturated heterocycles. The Morgan fingerprint density at radius 1 is 0.375 bits per heavy atom. The van der Waals surface area contributed by atoms with E-state index in [2.05, 4.69) is 164 Å². The van der Waals surface area contributed by atoms with E-state index < -0.39 is 0 Å². The van der Waals surface area contributed by atoms with Crippen LogP contribution in [0, 0.1) is 43.2 Å². The largest absolute Gasteiger partial charge is 2.00 e. The van der Waals surface area contributed by atoms with E-state index in [9.17, 15) is 0 Å². The van der Waals surface area contributed by atoms with Crippen molar-refractivity contribution in [1.29, 1.82) is 0 Å². The maximum absolute atomic E-state index is 5.18. The topological polar surface area (TPSA) is 38.7 Å². The van der Waals surface area contributed by atoms with Crippen LogP contribution in [0.2, 0.25) is 0 Å². The molecule has 0 aliphatic rings. The first kappa shape index (κ1) is 35.7. The van der Waals surface area contributed by atoms with E-state index in [-0.39, 0.29) is 31.1 Å². The normalized spacial score (nSPS) is 11.1. The van der Waals surface area contributed by atoms with Crippen molar-refractivity contribution in [2.45, 2.75) is 0 Å². The van der Waals surface area contributed by atoms with Crippen molar-refractivity contribution in [2.24, 2.45) is 0 Å². The number of nitrogens with zero attached hydrogens (tertiary/aromatic N) is 3. The number of rotatable bonds is 7. The van der Waals surface area contributed by atoms with Gasteiger partial charge >= 0.3 is 31.1 Å². The molecule has 0 saturated carbocycles. The number of hydrogen-bond acceptors (Lipinski definition) is 4. The first-order valence-electron chi connectivity index (χ1n) is 18.3. The van der Waals surface area contributed by atoms with Crippen LogP contribution in [-0.4, -0.2) is 15.0 Å². The summed E-state index contributed by atoms with van der Waals surface area (Å²) in [4.78, 5) is 15.4. The third-order valence-corrected chi connectivity index (χ3v) is 11.2. The predicted molar refractivity (Wildman–Crippen MR) is 228 cm³/mol. The molecule has 0 radical (unpaired) electrons. The third-order valence-electron chi connectivity index (χ3n) is 9.99. The molecule has 0 aliphatic carbocycles. The summed E-state index contributed by atoms with van der Waals surface area (Å²) in [6.45, 7) is 0. The van der Waals surface area contributed by atoms with Crippen LogP contribution in [0.4, 0.5) is 0 Å². The molecule has 0 amide bonds. The van der Waals surface area contributed by atoms with Gasteiger partial charge in [-0.25, -0.2) is 26.1 Å². The van der Waals surface area contributed by atoms with E-state index >= 15 is 0 Å². The zero-order valence-electron chi connectivity index (χ0n) is 30.1. The van der Waals surface area contributed by atoms with Gasteiger partial charge in [-0.1, -0.05) is 133 Å². The summed E-state index contributed by atoms with van der Waals surface area (Å²) in [6.07, 6.45) is 0. The van der Waals surface area contributed by atoms with Crippen LogP contribution < -0.4 is 0 Å². The van der Waals surface area contributed by atoms with Crippen LogP contribution in [0.5, 0.6) is 0 Å². The Hall–Kier alpha value is -5.96. The molecule has 8 aromatic carbocycles. The molecule has 2 aromatic heterocycles. The van der Waals surface area contributed by atoms with Gasteiger partial charge in [-0.05, 0) is 46.0 Å². The van der Waals surface area contributed by atoms with E-state index in [4.69, 9.17) is 15.0 Å². The molecule has 260 valence electrons. The first-order valence-corrected chi connectivity index (χ1v) is 19.1. The fourth-order valence-corrected chi connectivity index (χ4v) is 8.49. The van der Waals surface area contributed by atoms with Gasteiger partial charge in [0.05, 0.1) is 0 Å². The fourth-order valence-electron chi connectivity index (χ4n) is 7.26. The third kappa shape index (κ3) is 6.91. The second kappa shape index (κ2) is 15.7. The Morgan fingerprint density at radius 2 is 0.982 bits per heavy atom. The van der Waals surface area contributed by atoms with E-state index in [0.29, 0.717) is 17.5 Å². The molecule has 3 nitrogen and oxygen atoms in total. The van der Waals surface area contributed by atoms with Gasteiger partial charge in [0.15, 0.2) is 11.6 Å². The van der Waals surface area contributed by atoms with Crippen LogP contribution in [-0.2, 0) is 0 Å². The Morgan fingerprint density at radius 3 is 1.73 bits per heavy atom. The number of benzene rings is 8. The summed E-state index contributed by atoms with van der Waals surface area (Å²) in [5, 5.41) is 2.56. The SMILES string of the molecule is [U+2].[c-]1ccccc1-c1[c-]cc(-c2nc(-c3cccc(-c4ccccc4)c3)nc(-c3ccc(-c4cccc5c4sc4ccccc45)c(-c4ccccc4)c3)n2)cc1. The zero-order valence-corrected chi connectivity index (χ0v) is 35.1. The quantitative estimate of drug-likeness (QED) is 0.149. The first-order chi connectivity index (χ1) is 27.2. The van der Waals surface area contributed by atoms with E-state index in [0.717, 1.165) is 50.1 Å². The average Bonchev–Trinajstić information content (AvgIpc) is 3.66. The summed E-state index contributed by atoms with van der Waals surface area (Å²) in [5.74, 6) is 1.80. The van der Waals surface area contributed by atoms with Crippen LogP contribution in [0.25, 0.3) is 98.8 Å². The molecular formula is C51H31N3SU. The molecule has 0 atom stereocenters. The molecule has 0 N–H and O–H groups in total. The minimum absolute atomic E-state index is 0. The Labute approximate surface area is 353 Å². The number of aromatic nitrogens is 3. The van der Waals surface area contributed by atoms with Gasteiger partial charge in [-0.3, -0.25) is 0 Å². The summed E-state index contributed by atoms with van der Waals surface area (Å²) < 4.78 is 2.57. The van der Waals surface area contributed by atoms with Crippen molar-refractivity contribution in [1.82, 2.24) is 15.0 Å². The van der Waals surface area contributed by atoms with Gasteiger partial charge in [-0.15, -0.1) is 29.5 Å². The van der Waals surface area contributed by atoms with E-state index in [1.165, 1.54) is 31.3 Å². The molecule has 0 unspecified atom stereocenters. The predicted octanol–water partition coefficient (Wildman–Crippen LogP) is 13.5. The number of fused-ring (bicyclic) bond motifs is 3. The van der Waals surface area contributed by atoms with Crippen LogP contribution >= 0.6 is 11.3 Å². The second-order valence-corrected chi connectivity index (χ2v) is 14.5. The summed E-state index contributed by atoms with van der Waals surface area (Å²) in [7, 11) is 0. The van der Waals surface area contributed by atoms with Gasteiger partial charge in [0, 0.05) is 36.9 Å². The number of thiophene rings is 1. The minimum Gasteiger partial charge on any atom is -0.226 e. The van der Waals surface area contributed by atoms with Crippen molar-refractivity contribution >= 4 is 31.5 Å². The molecule has 2 heterocycles. The average molecular weight is 956 g/mol. The molecule has 10 aromatic rings. The Bertz CT molecular complexity index is 2960. The maximum atomic E-state index is 5.18. The van der Waals surface area contributed by atoms with Crippen LogP contribution in [0.1, 0.15) is 0 Å². The monoisotopic (exact) mass is 955 g/mol. The molecule has 10 rings (SSSR count). The van der Waals surface area contributed by atoms with E-state index in [1.54, 1.807) is 0 Å². The molecule has 0 aliphatic heterocycles. The minimum atomic E-state index is 0. The van der Waals surface area contributed by atoms with Crippen molar-refractivity contribution < 1.29 is 31.1 Å². The summed E-state index contributed by atoms with van der Waals surface area (Å²) in [5.41, 5.74) is 11.5. The van der Waals surface area contributed by atoms with Crippen LogP contribution in [0.15, 0.2) is 188 Å². The molecule has 56 heavy (non-hydrogen) atoms. The zero-order chi connectivity index (χ0) is 36.6. The van der Waals surface area contributed by atoms with Crippen molar-refractivity contribution in [3.05, 3.63) is 200 Å². The van der Waals surface area contributed by atoms with Crippen molar-refractivity contribution in [3.63, 3.8) is 0 Å².